The number of urea groups is 1. The van der Waals surface area contributed by atoms with Crippen molar-refractivity contribution in [2.75, 3.05) is 19.0 Å². The minimum absolute atomic E-state index is 0.102. The standard InChI is InChI=1S/C20H18BrN3O4/c1-12-4-3-5-14(8-12)22-18(25)11-24-19(26)16(23-20(24)27)10-13-6-7-17(28-2)15(21)9-13/h3-10H,11H2,1-2H3,(H,22,25)(H,23,27)/b16-10-. The Hall–Kier alpha value is -3.13. The second-order valence-corrected chi connectivity index (χ2v) is 7.05. The molecule has 2 aromatic carbocycles. The van der Waals surface area contributed by atoms with Crippen LogP contribution in [0.3, 0.4) is 0 Å². The number of rotatable bonds is 5. The minimum atomic E-state index is -0.636. The molecule has 8 heteroatoms. The normalized spacial score (nSPS) is 15.0. The van der Waals surface area contributed by atoms with Crippen molar-refractivity contribution in [2.24, 2.45) is 0 Å². The summed E-state index contributed by atoms with van der Waals surface area (Å²) in [6, 6.07) is 11.9. The number of hydrogen-bond acceptors (Lipinski definition) is 4. The van der Waals surface area contributed by atoms with E-state index in [0.29, 0.717) is 17.0 Å². The fraction of sp³-hybridized carbons (Fsp3) is 0.150. The van der Waals surface area contributed by atoms with E-state index in [1.54, 1.807) is 43.5 Å². The third kappa shape index (κ3) is 4.40. The van der Waals surface area contributed by atoms with Crippen molar-refractivity contribution in [3.63, 3.8) is 0 Å². The molecular weight excluding hydrogens is 426 g/mol. The maximum Gasteiger partial charge on any atom is 0.329 e. The number of imide groups is 1. The van der Waals surface area contributed by atoms with Crippen LogP contribution in [0.15, 0.2) is 52.6 Å². The zero-order valence-corrected chi connectivity index (χ0v) is 16.9. The highest BCUT2D eigenvalue weighted by atomic mass is 79.9. The largest absolute Gasteiger partial charge is 0.496 e. The van der Waals surface area contributed by atoms with E-state index in [2.05, 4.69) is 26.6 Å². The van der Waals surface area contributed by atoms with Crippen molar-refractivity contribution in [1.82, 2.24) is 10.2 Å². The van der Waals surface area contributed by atoms with E-state index in [-0.39, 0.29) is 12.2 Å². The molecule has 0 radical (unpaired) electrons. The fourth-order valence-electron chi connectivity index (χ4n) is 2.72. The zero-order valence-electron chi connectivity index (χ0n) is 15.3. The van der Waals surface area contributed by atoms with Crippen LogP contribution < -0.4 is 15.4 Å². The second kappa shape index (κ2) is 8.26. The number of ether oxygens (including phenoxy) is 1. The van der Waals surface area contributed by atoms with Crippen LogP contribution in [0, 0.1) is 6.92 Å². The second-order valence-electron chi connectivity index (χ2n) is 6.19. The van der Waals surface area contributed by atoms with E-state index in [9.17, 15) is 14.4 Å². The van der Waals surface area contributed by atoms with Crippen LogP contribution >= 0.6 is 15.9 Å². The molecule has 0 spiro atoms. The highest BCUT2D eigenvalue weighted by Crippen LogP contribution is 2.27. The molecule has 7 nitrogen and oxygen atoms in total. The first-order chi connectivity index (χ1) is 13.4. The van der Waals surface area contributed by atoms with Gasteiger partial charge in [0.1, 0.15) is 18.0 Å². The third-order valence-electron chi connectivity index (χ3n) is 4.05. The van der Waals surface area contributed by atoms with Gasteiger partial charge < -0.3 is 15.4 Å². The molecule has 1 aliphatic rings. The molecule has 2 N–H and O–H groups in total. The predicted octanol–water partition coefficient (Wildman–Crippen LogP) is 3.30. The summed E-state index contributed by atoms with van der Waals surface area (Å²) in [5.74, 6) is -0.364. The molecule has 4 amide bonds. The predicted molar refractivity (Wildman–Crippen MR) is 109 cm³/mol. The number of aryl methyl sites for hydroxylation is 1. The molecule has 144 valence electrons. The topological polar surface area (TPSA) is 87.7 Å². The van der Waals surface area contributed by atoms with Crippen LogP contribution in [-0.4, -0.2) is 36.4 Å². The highest BCUT2D eigenvalue weighted by molar-refractivity contribution is 9.10. The summed E-state index contributed by atoms with van der Waals surface area (Å²) in [6.45, 7) is 1.53. The summed E-state index contributed by atoms with van der Waals surface area (Å²) in [4.78, 5) is 37.8. The maximum atomic E-state index is 12.5. The van der Waals surface area contributed by atoms with Gasteiger partial charge in [-0.1, -0.05) is 18.2 Å². The van der Waals surface area contributed by atoms with Crippen molar-refractivity contribution < 1.29 is 19.1 Å². The van der Waals surface area contributed by atoms with Gasteiger partial charge in [-0.2, -0.15) is 0 Å². The van der Waals surface area contributed by atoms with Crippen LogP contribution in [-0.2, 0) is 9.59 Å². The lowest BCUT2D eigenvalue weighted by Gasteiger charge is -2.12. The van der Waals surface area contributed by atoms with Gasteiger partial charge in [0, 0.05) is 5.69 Å². The molecule has 1 fully saturated rings. The molecule has 3 rings (SSSR count). The van der Waals surface area contributed by atoms with Crippen molar-refractivity contribution >= 4 is 45.5 Å². The van der Waals surface area contributed by atoms with Gasteiger partial charge in [-0.05, 0) is 64.3 Å². The quantitative estimate of drug-likeness (QED) is 0.548. The summed E-state index contributed by atoms with van der Waals surface area (Å²) in [5.41, 5.74) is 2.40. The third-order valence-corrected chi connectivity index (χ3v) is 4.67. The number of carbonyl (C=O) groups is 3. The van der Waals surface area contributed by atoms with E-state index in [0.717, 1.165) is 14.9 Å². The first-order valence-corrected chi connectivity index (χ1v) is 9.21. The molecule has 1 heterocycles. The molecule has 0 atom stereocenters. The lowest BCUT2D eigenvalue weighted by Crippen LogP contribution is -2.38. The van der Waals surface area contributed by atoms with Crippen molar-refractivity contribution in [3.8, 4) is 5.75 Å². The number of hydrogen-bond donors (Lipinski definition) is 2. The molecule has 0 aliphatic carbocycles. The Labute approximate surface area is 170 Å². The number of nitrogens with one attached hydrogen (secondary N) is 2. The van der Waals surface area contributed by atoms with Crippen molar-refractivity contribution in [1.29, 1.82) is 0 Å². The molecule has 0 saturated carbocycles. The fourth-order valence-corrected chi connectivity index (χ4v) is 3.28. The minimum Gasteiger partial charge on any atom is -0.496 e. The Morgan fingerprint density at radius 2 is 2.04 bits per heavy atom. The van der Waals surface area contributed by atoms with E-state index in [1.165, 1.54) is 0 Å². The van der Waals surface area contributed by atoms with Crippen LogP contribution in [0.1, 0.15) is 11.1 Å². The molecule has 1 saturated heterocycles. The summed E-state index contributed by atoms with van der Waals surface area (Å²) >= 11 is 3.37. The smallest absolute Gasteiger partial charge is 0.329 e. The Kier molecular flexibility index (Phi) is 5.79. The average molecular weight is 444 g/mol. The number of methoxy groups -OCH3 is 1. The van der Waals surface area contributed by atoms with Gasteiger partial charge in [-0.15, -0.1) is 0 Å². The van der Waals surface area contributed by atoms with Crippen LogP contribution in [0.4, 0.5) is 10.5 Å². The van der Waals surface area contributed by atoms with Crippen LogP contribution in [0.25, 0.3) is 6.08 Å². The molecule has 0 unspecified atom stereocenters. The molecule has 0 bridgehead atoms. The monoisotopic (exact) mass is 443 g/mol. The van der Waals surface area contributed by atoms with Gasteiger partial charge in [-0.3, -0.25) is 9.59 Å². The van der Waals surface area contributed by atoms with Crippen LogP contribution in [0.5, 0.6) is 5.75 Å². The Morgan fingerprint density at radius 1 is 1.25 bits per heavy atom. The summed E-state index contributed by atoms with van der Waals surface area (Å²) in [6.07, 6.45) is 1.54. The lowest BCUT2D eigenvalue weighted by molar-refractivity contribution is -0.127. The average Bonchev–Trinajstić information content (AvgIpc) is 2.89. The first-order valence-electron chi connectivity index (χ1n) is 8.42. The Balaban J connectivity index is 1.71. The van der Waals surface area contributed by atoms with Gasteiger partial charge in [0.05, 0.1) is 11.6 Å². The van der Waals surface area contributed by atoms with Crippen molar-refractivity contribution in [2.45, 2.75) is 6.92 Å². The molecule has 1 aliphatic heterocycles. The SMILES string of the molecule is COc1ccc(/C=C2\NC(=O)N(CC(=O)Nc3cccc(C)c3)C2=O)cc1Br. The van der Waals surface area contributed by atoms with Crippen molar-refractivity contribution in [3.05, 3.63) is 63.8 Å². The van der Waals surface area contributed by atoms with Crippen LogP contribution in [0.2, 0.25) is 0 Å². The lowest BCUT2D eigenvalue weighted by atomic mass is 10.2. The van der Waals surface area contributed by atoms with Gasteiger partial charge in [0.25, 0.3) is 5.91 Å². The number of halogens is 1. The van der Waals surface area contributed by atoms with E-state index >= 15 is 0 Å². The highest BCUT2D eigenvalue weighted by Gasteiger charge is 2.34. The van der Waals surface area contributed by atoms with Gasteiger partial charge in [0.2, 0.25) is 5.91 Å². The van der Waals surface area contributed by atoms with Gasteiger partial charge in [-0.25, -0.2) is 9.69 Å². The maximum absolute atomic E-state index is 12.5. The molecule has 28 heavy (non-hydrogen) atoms. The summed E-state index contributed by atoms with van der Waals surface area (Å²) in [5, 5.41) is 5.18. The Morgan fingerprint density at radius 3 is 2.71 bits per heavy atom. The number of amides is 4. The molecular formula is C20H18BrN3O4. The Bertz CT molecular complexity index is 987. The summed E-state index contributed by atoms with van der Waals surface area (Å²) in [7, 11) is 1.55. The van der Waals surface area contributed by atoms with Gasteiger partial charge in [0.15, 0.2) is 0 Å². The zero-order chi connectivity index (χ0) is 20.3. The molecule has 2 aromatic rings. The number of nitrogens with zero attached hydrogens (tertiary/aromatic N) is 1. The number of carbonyl (C=O) groups excluding carboxylic acids is 3. The number of anilines is 1. The number of benzene rings is 2. The first kappa shape index (κ1) is 19.6. The van der Waals surface area contributed by atoms with E-state index in [1.807, 2.05) is 19.1 Å². The van der Waals surface area contributed by atoms with E-state index < -0.39 is 17.8 Å². The summed E-state index contributed by atoms with van der Waals surface area (Å²) < 4.78 is 5.89. The molecule has 0 aromatic heterocycles. The van der Waals surface area contributed by atoms with E-state index in [4.69, 9.17) is 4.74 Å². The van der Waals surface area contributed by atoms with Gasteiger partial charge >= 0.3 is 6.03 Å².